The fourth-order valence-electron chi connectivity index (χ4n) is 1.92. The lowest BCUT2D eigenvalue weighted by Gasteiger charge is -2.19. The number of aliphatic hydroxyl groups excluding tert-OH is 1. The maximum absolute atomic E-state index is 11.8. The van der Waals surface area contributed by atoms with Crippen LogP contribution in [0.3, 0.4) is 0 Å². The smallest absolute Gasteiger partial charge is 0.235 e. The Kier molecular flexibility index (Phi) is 2.79. The van der Waals surface area contributed by atoms with Crippen LogP contribution in [-0.2, 0) is 4.79 Å². The van der Waals surface area contributed by atoms with E-state index in [0.717, 1.165) is 31.6 Å². The van der Waals surface area contributed by atoms with Gasteiger partial charge in [0, 0.05) is 13.1 Å². The molecule has 2 fully saturated rings. The molecule has 0 aromatic rings. The molecule has 2 rings (SSSR count). The zero-order valence-corrected chi connectivity index (χ0v) is 8.42. The molecule has 2 atom stereocenters. The molecular weight excluding hydrogens is 186 g/mol. The van der Waals surface area contributed by atoms with E-state index in [1.807, 2.05) is 4.90 Å². The van der Waals surface area contributed by atoms with Gasteiger partial charge in [-0.2, -0.15) is 0 Å². The molecule has 1 N–H and O–H groups in total. The van der Waals surface area contributed by atoms with Gasteiger partial charge in [-0.1, -0.05) is 0 Å². The number of nitrogens with zero attached hydrogens (tertiary/aromatic N) is 1. The van der Waals surface area contributed by atoms with E-state index < -0.39 is 0 Å². The molecule has 0 aromatic heterocycles. The number of rotatable bonds is 1. The van der Waals surface area contributed by atoms with Gasteiger partial charge in [-0.05, 0) is 25.0 Å². The summed E-state index contributed by atoms with van der Waals surface area (Å²) in [6, 6.07) is 0. The standard InChI is InChI=1S/C9H15NO2S/c11-7-3-4-10(6-7)9(12)8-2-1-5-13-8/h7-8,11H,1-6H2/t7-,8?/m1/s1. The largest absolute Gasteiger partial charge is 0.391 e. The molecule has 1 amide bonds. The number of likely N-dealkylation sites (tertiary alicyclic amines) is 1. The topological polar surface area (TPSA) is 40.5 Å². The number of aliphatic hydroxyl groups is 1. The highest BCUT2D eigenvalue weighted by molar-refractivity contribution is 8.00. The predicted molar refractivity (Wildman–Crippen MR) is 52.7 cm³/mol. The first-order valence-electron chi connectivity index (χ1n) is 4.86. The summed E-state index contributed by atoms with van der Waals surface area (Å²) in [5, 5.41) is 9.48. The van der Waals surface area contributed by atoms with E-state index in [-0.39, 0.29) is 17.3 Å². The Morgan fingerprint density at radius 3 is 2.85 bits per heavy atom. The van der Waals surface area contributed by atoms with Gasteiger partial charge in [0.25, 0.3) is 0 Å². The number of thioether (sulfide) groups is 1. The highest BCUT2D eigenvalue weighted by Gasteiger charge is 2.31. The van der Waals surface area contributed by atoms with Crippen molar-refractivity contribution in [1.29, 1.82) is 0 Å². The third-order valence-corrected chi connectivity index (χ3v) is 4.04. The van der Waals surface area contributed by atoms with E-state index in [1.165, 1.54) is 0 Å². The van der Waals surface area contributed by atoms with Crippen LogP contribution in [0.2, 0.25) is 0 Å². The maximum atomic E-state index is 11.8. The summed E-state index contributed by atoms with van der Waals surface area (Å²) < 4.78 is 0. The molecule has 2 aliphatic heterocycles. The molecule has 2 saturated heterocycles. The van der Waals surface area contributed by atoms with Crippen LogP contribution in [0.15, 0.2) is 0 Å². The van der Waals surface area contributed by atoms with E-state index in [1.54, 1.807) is 11.8 Å². The molecule has 13 heavy (non-hydrogen) atoms. The van der Waals surface area contributed by atoms with Gasteiger partial charge in [-0.3, -0.25) is 4.79 Å². The zero-order chi connectivity index (χ0) is 9.26. The summed E-state index contributed by atoms with van der Waals surface area (Å²) in [4.78, 5) is 13.6. The molecule has 0 spiro atoms. The van der Waals surface area contributed by atoms with Crippen LogP contribution < -0.4 is 0 Å². The number of hydrogen-bond donors (Lipinski definition) is 1. The Bertz CT molecular complexity index is 204. The SMILES string of the molecule is O=C(C1CCCS1)N1CC[C@@H](O)C1. The molecule has 74 valence electrons. The van der Waals surface area contributed by atoms with Crippen molar-refractivity contribution in [2.45, 2.75) is 30.6 Å². The lowest BCUT2D eigenvalue weighted by Crippen LogP contribution is -2.35. The monoisotopic (exact) mass is 201 g/mol. The average Bonchev–Trinajstić information content (AvgIpc) is 2.72. The first kappa shape index (κ1) is 9.34. The molecule has 0 radical (unpaired) electrons. The molecule has 4 heteroatoms. The number of amides is 1. The molecule has 0 bridgehead atoms. The summed E-state index contributed by atoms with van der Waals surface area (Å²) in [5.41, 5.74) is 0. The highest BCUT2D eigenvalue weighted by atomic mass is 32.2. The van der Waals surface area contributed by atoms with Crippen molar-refractivity contribution in [3.05, 3.63) is 0 Å². The lowest BCUT2D eigenvalue weighted by molar-refractivity contribution is -0.129. The van der Waals surface area contributed by atoms with Gasteiger partial charge in [0.1, 0.15) is 0 Å². The number of β-amino-alcohol motifs (C(OH)–C–C–N with tert-alkyl or cyclic N) is 1. The van der Waals surface area contributed by atoms with Crippen molar-refractivity contribution >= 4 is 17.7 Å². The molecule has 1 unspecified atom stereocenters. The van der Waals surface area contributed by atoms with Crippen molar-refractivity contribution in [3.8, 4) is 0 Å². The second-order valence-electron chi connectivity index (χ2n) is 3.73. The quantitative estimate of drug-likeness (QED) is 0.670. The fourth-order valence-corrected chi connectivity index (χ4v) is 3.16. The number of carbonyl (C=O) groups excluding carboxylic acids is 1. The van der Waals surface area contributed by atoms with Crippen LogP contribution >= 0.6 is 11.8 Å². The minimum absolute atomic E-state index is 0.185. The number of hydrogen-bond acceptors (Lipinski definition) is 3. The molecule has 0 aromatic carbocycles. The van der Waals surface area contributed by atoms with Gasteiger partial charge in [-0.15, -0.1) is 11.8 Å². The van der Waals surface area contributed by atoms with E-state index in [2.05, 4.69) is 0 Å². The van der Waals surface area contributed by atoms with Gasteiger partial charge in [-0.25, -0.2) is 0 Å². The van der Waals surface area contributed by atoms with Gasteiger partial charge < -0.3 is 10.0 Å². The third kappa shape index (κ3) is 1.99. The van der Waals surface area contributed by atoms with Crippen LogP contribution in [0.25, 0.3) is 0 Å². The minimum Gasteiger partial charge on any atom is -0.391 e. The maximum Gasteiger partial charge on any atom is 0.235 e. The average molecular weight is 201 g/mol. The Hall–Kier alpha value is -0.220. The Morgan fingerprint density at radius 1 is 1.46 bits per heavy atom. The van der Waals surface area contributed by atoms with Crippen molar-refractivity contribution in [3.63, 3.8) is 0 Å². The summed E-state index contributed by atoms with van der Waals surface area (Å²) in [7, 11) is 0. The second kappa shape index (κ2) is 3.88. The number of carbonyl (C=O) groups is 1. The van der Waals surface area contributed by atoms with Gasteiger partial charge in [0.05, 0.1) is 11.4 Å². The van der Waals surface area contributed by atoms with Crippen molar-refractivity contribution < 1.29 is 9.90 Å². The van der Waals surface area contributed by atoms with Crippen molar-refractivity contribution in [2.75, 3.05) is 18.8 Å². The Labute approximate surface area is 82.5 Å². The fraction of sp³-hybridized carbons (Fsp3) is 0.889. The van der Waals surface area contributed by atoms with E-state index in [4.69, 9.17) is 0 Å². The highest BCUT2D eigenvalue weighted by Crippen LogP contribution is 2.28. The van der Waals surface area contributed by atoms with Crippen LogP contribution in [0, 0.1) is 0 Å². The van der Waals surface area contributed by atoms with Crippen LogP contribution in [0.5, 0.6) is 0 Å². The molecular formula is C9H15NO2S. The van der Waals surface area contributed by atoms with E-state index in [0.29, 0.717) is 6.54 Å². The molecule has 0 aliphatic carbocycles. The summed E-state index contributed by atoms with van der Waals surface area (Å²) in [6.07, 6.45) is 2.66. The minimum atomic E-state index is -0.282. The Balaban J connectivity index is 1.89. The van der Waals surface area contributed by atoms with E-state index in [9.17, 15) is 9.90 Å². The van der Waals surface area contributed by atoms with Crippen molar-refractivity contribution in [1.82, 2.24) is 4.90 Å². The first-order chi connectivity index (χ1) is 6.27. The lowest BCUT2D eigenvalue weighted by atomic mass is 10.2. The third-order valence-electron chi connectivity index (χ3n) is 2.68. The van der Waals surface area contributed by atoms with Crippen LogP contribution in [0.1, 0.15) is 19.3 Å². The van der Waals surface area contributed by atoms with Crippen LogP contribution in [0.4, 0.5) is 0 Å². The second-order valence-corrected chi connectivity index (χ2v) is 5.04. The van der Waals surface area contributed by atoms with Gasteiger partial charge in [0.15, 0.2) is 0 Å². The summed E-state index contributed by atoms with van der Waals surface area (Å²) >= 11 is 1.77. The normalized spacial score (nSPS) is 34.1. The molecule has 0 saturated carbocycles. The molecule has 2 aliphatic rings. The van der Waals surface area contributed by atoms with Gasteiger partial charge in [0.2, 0.25) is 5.91 Å². The molecule has 3 nitrogen and oxygen atoms in total. The van der Waals surface area contributed by atoms with E-state index >= 15 is 0 Å². The van der Waals surface area contributed by atoms with Gasteiger partial charge >= 0.3 is 0 Å². The summed E-state index contributed by atoms with van der Waals surface area (Å²) in [5.74, 6) is 1.37. The van der Waals surface area contributed by atoms with Crippen molar-refractivity contribution in [2.24, 2.45) is 0 Å². The predicted octanol–water partition coefficient (Wildman–Crippen LogP) is 0.475. The zero-order valence-electron chi connectivity index (χ0n) is 7.61. The van der Waals surface area contributed by atoms with Crippen LogP contribution in [-0.4, -0.2) is 46.1 Å². The summed E-state index contributed by atoms with van der Waals surface area (Å²) in [6.45, 7) is 1.30. The Morgan fingerprint density at radius 2 is 2.31 bits per heavy atom. The molecule has 2 heterocycles. The first-order valence-corrected chi connectivity index (χ1v) is 5.90.